The van der Waals surface area contributed by atoms with Gasteiger partial charge in [-0.1, -0.05) is 30.7 Å². The first-order chi connectivity index (χ1) is 13.8. The topological polar surface area (TPSA) is 69.7 Å². The molecular formula is C20H23ClFN3O3S. The molecule has 2 aromatic rings. The highest BCUT2D eigenvalue weighted by Gasteiger charge is 2.28. The van der Waals surface area contributed by atoms with E-state index in [0.29, 0.717) is 31.9 Å². The predicted molar refractivity (Wildman–Crippen MR) is 111 cm³/mol. The SMILES string of the molecule is CCN1CCN(S(=O)(=O)c2cccc(NC(=O)Cc3c(F)cccc3Cl)c2)CC1. The van der Waals surface area contributed by atoms with Crippen molar-refractivity contribution >= 4 is 33.2 Å². The first-order valence-corrected chi connectivity index (χ1v) is 11.2. The zero-order valence-electron chi connectivity index (χ0n) is 16.1. The molecule has 6 nitrogen and oxygen atoms in total. The molecule has 0 bridgehead atoms. The second kappa shape index (κ2) is 9.21. The molecule has 3 rings (SSSR count). The van der Waals surface area contributed by atoms with Crippen molar-refractivity contribution in [3.63, 3.8) is 0 Å². The smallest absolute Gasteiger partial charge is 0.243 e. The molecule has 1 aliphatic rings. The Kier molecular flexibility index (Phi) is 6.89. The van der Waals surface area contributed by atoms with Gasteiger partial charge in [0.1, 0.15) is 5.82 Å². The quantitative estimate of drug-likeness (QED) is 0.751. The Morgan fingerprint density at radius 3 is 2.48 bits per heavy atom. The standard InChI is InChI=1S/C20H23ClFN3O3S/c1-2-24-9-11-25(12-10-24)29(27,28)16-6-3-5-15(13-16)23-20(26)14-17-18(21)7-4-8-19(17)22/h3-8,13H,2,9-12,14H2,1H3,(H,23,26). The number of rotatable bonds is 6. The van der Waals surface area contributed by atoms with Gasteiger partial charge in [0.2, 0.25) is 15.9 Å². The van der Waals surface area contributed by atoms with Gasteiger partial charge in [-0.15, -0.1) is 0 Å². The van der Waals surface area contributed by atoms with E-state index in [2.05, 4.69) is 10.2 Å². The maximum absolute atomic E-state index is 13.9. The zero-order valence-corrected chi connectivity index (χ0v) is 17.6. The lowest BCUT2D eigenvalue weighted by Crippen LogP contribution is -2.48. The van der Waals surface area contributed by atoms with Crippen LogP contribution in [0, 0.1) is 5.82 Å². The summed E-state index contributed by atoms with van der Waals surface area (Å²) < 4.78 is 41.2. The maximum Gasteiger partial charge on any atom is 0.243 e. The van der Waals surface area contributed by atoms with Crippen molar-refractivity contribution < 1.29 is 17.6 Å². The molecule has 0 atom stereocenters. The van der Waals surface area contributed by atoms with Gasteiger partial charge in [-0.3, -0.25) is 4.79 Å². The maximum atomic E-state index is 13.9. The summed E-state index contributed by atoms with van der Waals surface area (Å²) in [5.74, 6) is -1.04. The lowest BCUT2D eigenvalue weighted by Gasteiger charge is -2.33. The number of piperazine rings is 1. The van der Waals surface area contributed by atoms with Gasteiger partial charge in [-0.2, -0.15) is 4.31 Å². The average Bonchev–Trinajstić information content (AvgIpc) is 2.71. The summed E-state index contributed by atoms with van der Waals surface area (Å²) in [6, 6.07) is 10.3. The number of halogens is 2. The summed E-state index contributed by atoms with van der Waals surface area (Å²) in [4.78, 5) is 14.6. The fourth-order valence-electron chi connectivity index (χ4n) is 3.24. The van der Waals surface area contributed by atoms with E-state index in [9.17, 15) is 17.6 Å². The second-order valence-corrected chi connectivity index (χ2v) is 9.14. The number of carbonyl (C=O) groups excluding carboxylic acids is 1. The van der Waals surface area contributed by atoms with Crippen LogP contribution in [0.5, 0.6) is 0 Å². The average molecular weight is 440 g/mol. The molecule has 156 valence electrons. The van der Waals surface area contributed by atoms with E-state index in [1.807, 2.05) is 6.92 Å². The lowest BCUT2D eigenvalue weighted by atomic mass is 10.1. The van der Waals surface area contributed by atoms with Gasteiger partial charge in [-0.25, -0.2) is 12.8 Å². The van der Waals surface area contributed by atoms with Crippen molar-refractivity contribution in [1.82, 2.24) is 9.21 Å². The molecule has 0 unspecified atom stereocenters. The van der Waals surface area contributed by atoms with Crippen LogP contribution in [-0.4, -0.2) is 56.3 Å². The Balaban J connectivity index is 1.71. The van der Waals surface area contributed by atoms with Gasteiger partial charge in [0.05, 0.1) is 11.3 Å². The number of nitrogens with zero attached hydrogens (tertiary/aromatic N) is 2. The van der Waals surface area contributed by atoms with Gasteiger partial charge >= 0.3 is 0 Å². The Bertz CT molecular complexity index is 972. The number of sulfonamides is 1. The number of hydrogen-bond donors (Lipinski definition) is 1. The molecule has 1 fully saturated rings. The highest BCUT2D eigenvalue weighted by Crippen LogP contribution is 2.23. The van der Waals surface area contributed by atoms with Crippen LogP contribution in [0.2, 0.25) is 5.02 Å². The first-order valence-electron chi connectivity index (χ1n) is 9.36. The minimum absolute atomic E-state index is 0.101. The Labute approximate surface area is 175 Å². The number of carbonyl (C=O) groups is 1. The van der Waals surface area contributed by atoms with Gasteiger partial charge in [0.25, 0.3) is 0 Å². The highest BCUT2D eigenvalue weighted by molar-refractivity contribution is 7.89. The van der Waals surface area contributed by atoms with E-state index < -0.39 is 21.7 Å². The molecule has 1 N–H and O–H groups in total. The van der Waals surface area contributed by atoms with Crippen molar-refractivity contribution in [2.45, 2.75) is 18.2 Å². The van der Waals surface area contributed by atoms with Gasteiger partial charge in [0, 0.05) is 42.5 Å². The number of nitrogens with one attached hydrogen (secondary N) is 1. The number of benzene rings is 2. The van der Waals surface area contributed by atoms with Crippen LogP contribution in [-0.2, 0) is 21.2 Å². The number of amides is 1. The van der Waals surface area contributed by atoms with Crippen LogP contribution >= 0.6 is 11.6 Å². The largest absolute Gasteiger partial charge is 0.326 e. The summed E-state index contributed by atoms with van der Waals surface area (Å²) in [5, 5.41) is 2.79. The molecule has 1 amide bonds. The van der Waals surface area contributed by atoms with Crippen LogP contribution < -0.4 is 5.32 Å². The second-order valence-electron chi connectivity index (χ2n) is 6.79. The predicted octanol–water partition coefficient (Wildman–Crippen LogP) is 2.99. The van der Waals surface area contributed by atoms with Crippen LogP contribution in [0.3, 0.4) is 0 Å². The van der Waals surface area contributed by atoms with Crippen molar-refractivity contribution in [2.24, 2.45) is 0 Å². The van der Waals surface area contributed by atoms with E-state index in [1.165, 1.54) is 34.6 Å². The van der Waals surface area contributed by atoms with Crippen LogP contribution in [0.15, 0.2) is 47.4 Å². The van der Waals surface area contributed by atoms with E-state index in [4.69, 9.17) is 11.6 Å². The van der Waals surface area contributed by atoms with Gasteiger partial charge < -0.3 is 10.2 Å². The normalized spacial score (nSPS) is 16.0. The molecule has 2 aromatic carbocycles. The molecule has 0 aromatic heterocycles. The lowest BCUT2D eigenvalue weighted by molar-refractivity contribution is -0.115. The van der Waals surface area contributed by atoms with Crippen molar-refractivity contribution in [2.75, 3.05) is 38.0 Å². The summed E-state index contributed by atoms with van der Waals surface area (Å²) in [6.07, 6.45) is -0.249. The van der Waals surface area contributed by atoms with Crippen molar-refractivity contribution in [1.29, 1.82) is 0 Å². The summed E-state index contributed by atoms with van der Waals surface area (Å²) in [7, 11) is -3.65. The van der Waals surface area contributed by atoms with E-state index in [1.54, 1.807) is 12.1 Å². The third-order valence-electron chi connectivity index (χ3n) is 4.93. The monoisotopic (exact) mass is 439 g/mol. The molecule has 0 aliphatic carbocycles. The molecule has 29 heavy (non-hydrogen) atoms. The Morgan fingerprint density at radius 2 is 1.83 bits per heavy atom. The summed E-state index contributed by atoms with van der Waals surface area (Å²) in [5.41, 5.74) is 0.431. The third-order valence-corrected chi connectivity index (χ3v) is 7.18. The molecule has 0 saturated carbocycles. The summed E-state index contributed by atoms with van der Waals surface area (Å²) in [6.45, 7) is 5.18. The summed E-state index contributed by atoms with van der Waals surface area (Å²) >= 11 is 5.96. The fourth-order valence-corrected chi connectivity index (χ4v) is 4.93. The highest BCUT2D eigenvalue weighted by atomic mass is 35.5. The number of anilines is 1. The van der Waals surface area contributed by atoms with Crippen LogP contribution in [0.1, 0.15) is 12.5 Å². The van der Waals surface area contributed by atoms with E-state index in [-0.39, 0.29) is 21.9 Å². The van der Waals surface area contributed by atoms with Gasteiger partial charge in [-0.05, 0) is 36.9 Å². The third kappa shape index (κ3) is 5.14. The molecule has 1 aliphatic heterocycles. The molecule has 0 spiro atoms. The number of likely N-dealkylation sites (N-methyl/N-ethyl adjacent to an activating group) is 1. The fraction of sp³-hybridized carbons (Fsp3) is 0.350. The van der Waals surface area contributed by atoms with Gasteiger partial charge in [0.15, 0.2) is 0 Å². The molecule has 0 radical (unpaired) electrons. The molecule has 1 saturated heterocycles. The minimum atomic E-state index is -3.65. The first kappa shape index (κ1) is 21.7. The number of hydrogen-bond acceptors (Lipinski definition) is 4. The van der Waals surface area contributed by atoms with Crippen molar-refractivity contribution in [3.8, 4) is 0 Å². The van der Waals surface area contributed by atoms with Crippen molar-refractivity contribution in [3.05, 3.63) is 58.9 Å². The molecule has 9 heteroatoms. The minimum Gasteiger partial charge on any atom is -0.326 e. The molecular weight excluding hydrogens is 417 g/mol. The Morgan fingerprint density at radius 1 is 1.14 bits per heavy atom. The zero-order chi connectivity index (χ0) is 21.0. The van der Waals surface area contributed by atoms with Crippen LogP contribution in [0.25, 0.3) is 0 Å². The Hall–Kier alpha value is -2.00. The van der Waals surface area contributed by atoms with E-state index in [0.717, 1.165) is 6.54 Å². The van der Waals surface area contributed by atoms with Crippen LogP contribution in [0.4, 0.5) is 10.1 Å². The van der Waals surface area contributed by atoms with E-state index >= 15 is 0 Å². The molecule has 1 heterocycles.